The molecule has 6 nitrogen and oxygen atoms in total. The van der Waals surface area contributed by atoms with Gasteiger partial charge in [-0.3, -0.25) is 15.2 Å². The lowest BCUT2D eigenvalue weighted by Crippen LogP contribution is -2.09. The van der Waals surface area contributed by atoms with Gasteiger partial charge >= 0.3 is 0 Å². The van der Waals surface area contributed by atoms with Gasteiger partial charge in [-0.05, 0) is 6.92 Å². The van der Waals surface area contributed by atoms with Crippen LogP contribution in [-0.2, 0) is 0 Å². The molecule has 2 rings (SSSR count). The van der Waals surface area contributed by atoms with E-state index in [-0.39, 0.29) is 0 Å². The van der Waals surface area contributed by atoms with Crippen LogP contribution in [0, 0.1) is 21.7 Å². The maximum absolute atomic E-state index is 13.6. The highest BCUT2D eigenvalue weighted by Crippen LogP contribution is 2.27. The molecular weight excluding hydrogens is 258 g/mol. The number of hydrogen-bond acceptors (Lipinski definition) is 4. The second-order valence-electron chi connectivity index (χ2n) is 3.94. The maximum atomic E-state index is 13.6. The number of anilines is 1. The van der Waals surface area contributed by atoms with Gasteiger partial charge in [-0.2, -0.15) is 5.10 Å². The molecule has 0 aliphatic heterocycles. The number of benzene rings is 1. The lowest BCUT2D eigenvalue weighted by molar-refractivity contribution is -0.385. The first-order chi connectivity index (χ1) is 8.99. The summed E-state index contributed by atoms with van der Waals surface area (Å²) >= 11 is 0. The maximum Gasteiger partial charge on any atom is 0.275 e. The van der Waals surface area contributed by atoms with Gasteiger partial charge in [0.2, 0.25) is 0 Å². The van der Waals surface area contributed by atoms with Crippen molar-refractivity contribution in [3.63, 3.8) is 0 Å². The molecule has 1 unspecified atom stereocenters. The van der Waals surface area contributed by atoms with Crippen LogP contribution in [-0.4, -0.2) is 15.1 Å². The van der Waals surface area contributed by atoms with Gasteiger partial charge in [-0.15, -0.1) is 0 Å². The van der Waals surface area contributed by atoms with Gasteiger partial charge in [0.1, 0.15) is 5.69 Å². The van der Waals surface area contributed by atoms with Crippen molar-refractivity contribution >= 4 is 11.4 Å². The summed E-state index contributed by atoms with van der Waals surface area (Å²) in [5, 5.41) is 19.4. The van der Waals surface area contributed by atoms with Crippen LogP contribution in [0.1, 0.15) is 18.5 Å². The first-order valence-electron chi connectivity index (χ1n) is 5.37. The Hall–Kier alpha value is -2.51. The smallest absolute Gasteiger partial charge is 0.275 e. The molecule has 1 aromatic heterocycles. The minimum absolute atomic E-state index is 0.399. The van der Waals surface area contributed by atoms with Crippen molar-refractivity contribution in [3.8, 4) is 0 Å². The lowest BCUT2D eigenvalue weighted by atomic mass is 10.1. The Morgan fingerprint density at radius 2 is 2.05 bits per heavy atom. The Labute approximate surface area is 106 Å². The minimum atomic E-state index is -1.01. The fraction of sp³-hybridized carbons (Fsp3) is 0.182. The average molecular weight is 268 g/mol. The third-order valence-electron chi connectivity index (χ3n) is 2.62. The monoisotopic (exact) mass is 268 g/mol. The molecule has 0 saturated heterocycles. The van der Waals surface area contributed by atoms with E-state index in [4.69, 9.17) is 0 Å². The largest absolute Gasteiger partial charge is 0.374 e. The number of aromatic nitrogens is 2. The normalized spacial score (nSPS) is 12.2. The first-order valence-corrected chi connectivity index (χ1v) is 5.37. The number of rotatable bonds is 4. The van der Waals surface area contributed by atoms with Crippen LogP contribution in [0.2, 0.25) is 0 Å². The number of aromatic amines is 1. The number of nitro groups is 1. The van der Waals surface area contributed by atoms with Crippen LogP contribution >= 0.6 is 0 Å². The molecule has 1 atom stereocenters. The molecule has 2 N–H and O–H groups in total. The van der Waals surface area contributed by atoms with Crippen LogP contribution in [0.25, 0.3) is 0 Å². The zero-order chi connectivity index (χ0) is 14.0. The Kier molecular flexibility index (Phi) is 3.41. The molecule has 0 fully saturated rings. The van der Waals surface area contributed by atoms with Crippen LogP contribution in [0.4, 0.5) is 20.2 Å². The third-order valence-corrected chi connectivity index (χ3v) is 2.62. The highest BCUT2D eigenvalue weighted by atomic mass is 19.1. The molecule has 100 valence electrons. The molecule has 1 aromatic carbocycles. The van der Waals surface area contributed by atoms with Crippen LogP contribution < -0.4 is 5.32 Å². The molecular formula is C11H10F2N4O2. The number of nitrogens with one attached hydrogen (secondary N) is 2. The molecule has 0 amide bonds. The Bertz CT molecular complexity index is 578. The summed E-state index contributed by atoms with van der Waals surface area (Å²) in [6.45, 7) is 1.69. The van der Waals surface area contributed by atoms with Crippen molar-refractivity contribution in [3.05, 3.63) is 51.8 Å². The summed E-state index contributed by atoms with van der Waals surface area (Å²) in [5.41, 5.74) is -0.326. The van der Waals surface area contributed by atoms with Crippen molar-refractivity contribution in [2.75, 3.05) is 5.32 Å². The van der Waals surface area contributed by atoms with Crippen molar-refractivity contribution in [2.45, 2.75) is 13.0 Å². The first kappa shape index (κ1) is 12.9. The van der Waals surface area contributed by atoms with Gasteiger partial charge in [-0.1, -0.05) is 0 Å². The molecule has 19 heavy (non-hydrogen) atoms. The number of non-ortho nitro benzene ring substituents is 1. The molecule has 2 aromatic rings. The third kappa shape index (κ3) is 2.67. The highest BCUT2D eigenvalue weighted by molar-refractivity contribution is 5.52. The van der Waals surface area contributed by atoms with Gasteiger partial charge in [0.25, 0.3) is 5.69 Å². The van der Waals surface area contributed by atoms with Crippen molar-refractivity contribution < 1.29 is 13.7 Å². The zero-order valence-corrected chi connectivity index (χ0v) is 9.85. The Balaban J connectivity index is 2.28. The fourth-order valence-corrected chi connectivity index (χ4v) is 1.60. The molecule has 0 spiro atoms. The summed E-state index contributed by atoms with van der Waals surface area (Å²) in [4.78, 5) is 9.61. The van der Waals surface area contributed by atoms with Crippen LogP contribution in [0.15, 0.2) is 24.5 Å². The van der Waals surface area contributed by atoms with Crippen LogP contribution in [0.3, 0.4) is 0 Å². The number of halogens is 2. The molecule has 8 heteroatoms. The molecule has 0 bridgehead atoms. The van der Waals surface area contributed by atoms with E-state index in [1.54, 1.807) is 13.1 Å². The summed E-state index contributed by atoms with van der Waals surface area (Å²) in [5.74, 6) is -2.02. The quantitative estimate of drug-likeness (QED) is 0.659. The summed E-state index contributed by atoms with van der Waals surface area (Å²) in [6.07, 6.45) is 3.09. The average Bonchev–Trinajstić information content (AvgIpc) is 2.86. The molecule has 0 radical (unpaired) electrons. The fourth-order valence-electron chi connectivity index (χ4n) is 1.60. The van der Waals surface area contributed by atoms with E-state index in [1.807, 2.05) is 0 Å². The second-order valence-corrected chi connectivity index (χ2v) is 3.94. The van der Waals surface area contributed by atoms with Crippen LogP contribution in [0.5, 0.6) is 0 Å². The van der Waals surface area contributed by atoms with Gasteiger partial charge in [0, 0.05) is 11.8 Å². The predicted molar refractivity (Wildman–Crippen MR) is 63.6 cm³/mol. The van der Waals surface area contributed by atoms with E-state index in [0.29, 0.717) is 17.7 Å². The molecule has 0 saturated carbocycles. The highest BCUT2D eigenvalue weighted by Gasteiger charge is 2.19. The number of nitro benzene ring substituents is 1. The van der Waals surface area contributed by atoms with Crippen molar-refractivity contribution in [2.24, 2.45) is 0 Å². The van der Waals surface area contributed by atoms with Gasteiger partial charge in [0.05, 0.1) is 29.3 Å². The number of hydrogen-bond donors (Lipinski definition) is 2. The Morgan fingerprint density at radius 1 is 1.42 bits per heavy atom. The number of nitrogens with zero attached hydrogens (tertiary/aromatic N) is 2. The summed E-state index contributed by atoms with van der Waals surface area (Å²) in [7, 11) is 0. The SMILES string of the molecule is CC(Nc1c(F)cc([N+](=O)[O-])cc1F)c1cn[nH]c1. The number of H-pyrrole nitrogens is 1. The van der Waals surface area contributed by atoms with E-state index in [1.165, 1.54) is 6.20 Å². The minimum Gasteiger partial charge on any atom is -0.374 e. The van der Waals surface area contributed by atoms with E-state index in [2.05, 4.69) is 15.5 Å². The van der Waals surface area contributed by atoms with Crippen molar-refractivity contribution in [1.29, 1.82) is 0 Å². The van der Waals surface area contributed by atoms with Gasteiger partial charge < -0.3 is 5.32 Å². The molecule has 0 aliphatic carbocycles. The van der Waals surface area contributed by atoms with Crippen molar-refractivity contribution in [1.82, 2.24) is 10.2 Å². The van der Waals surface area contributed by atoms with Gasteiger partial charge in [-0.25, -0.2) is 8.78 Å². The van der Waals surface area contributed by atoms with E-state index in [0.717, 1.165) is 0 Å². The van der Waals surface area contributed by atoms with E-state index in [9.17, 15) is 18.9 Å². The molecule has 1 heterocycles. The summed E-state index contributed by atoms with van der Waals surface area (Å²) in [6, 6.07) is 0.949. The second kappa shape index (κ2) is 5.01. The topological polar surface area (TPSA) is 83.8 Å². The van der Waals surface area contributed by atoms with E-state index >= 15 is 0 Å². The summed E-state index contributed by atoms with van der Waals surface area (Å²) < 4.78 is 27.3. The van der Waals surface area contributed by atoms with E-state index < -0.39 is 34.0 Å². The van der Waals surface area contributed by atoms with Gasteiger partial charge in [0.15, 0.2) is 11.6 Å². The predicted octanol–water partition coefficient (Wildman–Crippen LogP) is 2.77. The molecule has 0 aliphatic rings. The standard InChI is InChI=1S/C11H10F2N4O2/c1-6(7-4-14-15-5-7)16-11-9(12)2-8(17(18)19)3-10(11)13/h2-6,16H,1H3,(H,14,15). The lowest BCUT2D eigenvalue weighted by Gasteiger charge is -2.14. The zero-order valence-electron chi connectivity index (χ0n) is 9.85. The Morgan fingerprint density at radius 3 is 2.53 bits per heavy atom.